The van der Waals surface area contributed by atoms with E-state index in [1.165, 1.54) is 12.2 Å². The van der Waals surface area contributed by atoms with E-state index >= 15 is 4.39 Å². The lowest BCUT2D eigenvalue weighted by Crippen LogP contribution is -2.70. The molecule has 7 nitrogen and oxygen atoms in total. The zero-order valence-electron chi connectivity index (χ0n) is 24.6. The summed E-state index contributed by atoms with van der Waals surface area (Å²) in [6, 6.07) is 0. The number of ether oxygens (including phenoxy) is 2. The number of allylic oxidation sites excluding steroid dienone is 4. The van der Waals surface area contributed by atoms with Gasteiger partial charge in [0, 0.05) is 35.5 Å². The lowest BCUT2D eigenvalue weighted by atomic mass is 9.44. The molecular weight excluding hydrogens is 515 g/mol. The average Bonchev–Trinajstić information content (AvgIpc) is 3.12. The number of aliphatic hydroxyl groups is 1. The van der Waals surface area contributed by atoms with E-state index in [0.717, 1.165) is 12.8 Å². The predicted molar refractivity (Wildman–Crippen MR) is 147 cm³/mol. The van der Waals surface area contributed by atoms with Gasteiger partial charge in [0.1, 0.15) is 0 Å². The second-order valence-electron chi connectivity index (χ2n) is 12.9. The number of carbonyl (C=O) groups is 4. The van der Waals surface area contributed by atoms with E-state index < -0.39 is 64.4 Å². The van der Waals surface area contributed by atoms with Gasteiger partial charge in [-0.05, 0) is 63.5 Å². The fraction of sp³-hybridized carbons (Fsp3) is 0.750. The molecule has 222 valence electrons. The first-order valence-corrected chi connectivity index (χ1v) is 15.0. The number of Topliss-reactive ketones (excluding diaryl/α,β-unsaturated/α-hetero) is 1. The first-order valence-electron chi connectivity index (χ1n) is 15.0. The second-order valence-corrected chi connectivity index (χ2v) is 12.9. The number of hydrogen-bond acceptors (Lipinski definition) is 7. The number of aliphatic hydroxyl groups excluding tert-OH is 1. The van der Waals surface area contributed by atoms with Gasteiger partial charge in [-0.1, -0.05) is 52.2 Å². The van der Waals surface area contributed by atoms with Crippen molar-refractivity contribution >= 4 is 23.5 Å². The summed E-state index contributed by atoms with van der Waals surface area (Å²) < 4.78 is 29.1. The molecule has 8 atom stereocenters. The standard InChI is InChI=1S/C32H45FO7/c1-6-8-10-27(37)39-19-26(36)32(40-28(38)11-9-7-2)20(3)16-24-23-13-12-21-17-22(34)14-15-29(21,4)31(23,33)25(35)18-30(24,32)5/h14-15,17,20,23-25,35H,6-13,16,18-19H2,1-5H3/t20-,23?,24?,25?,29+,30+,31+,32+/m1/s1. The van der Waals surface area contributed by atoms with Crippen molar-refractivity contribution in [3.63, 3.8) is 0 Å². The van der Waals surface area contributed by atoms with Gasteiger partial charge in [0.25, 0.3) is 0 Å². The Kier molecular flexibility index (Phi) is 8.53. The minimum Gasteiger partial charge on any atom is -0.457 e. The van der Waals surface area contributed by atoms with Gasteiger partial charge in [-0.15, -0.1) is 0 Å². The van der Waals surface area contributed by atoms with Crippen molar-refractivity contribution in [2.75, 3.05) is 6.61 Å². The quantitative estimate of drug-likeness (QED) is 0.358. The first-order chi connectivity index (χ1) is 18.8. The Hall–Kier alpha value is -2.35. The number of fused-ring (bicyclic) bond motifs is 5. The number of unbranched alkanes of at least 4 members (excludes halogenated alkanes) is 2. The number of rotatable bonds is 10. The maximum Gasteiger partial charge on any atom is 0.306 e. The molecule has 0 heterocycles. The van der Waals surface area contributed by atoms with Gasteiger partial charge in [-0.2, -0.15) is 0 Å². The zero-order valence-corrected chi connectivity index (χ0v) is 24.6. The molecule has 0 aromatic rings. The summed E-state index contributed by atoms with van der Waals surface area (Å²) in [6.07, 6.45) is 7.38. The van der Waals surface area contributed by atoms with Crippen molar-refractivity contribution in [2.24, 2.45) is 28.6 Å². The van der Waals surface area contributed by atoms with Crippen LogP contribution in [0.5, 0.6) is 0 Å². The first kappa shape index (κ1) is 30.6. The second kappa shape index (κ2) is 11.1. The topological polar surface area (TPSA) is 107 Å². The van der Waals surface area contributed by atoms with E-state index in [1.54, 1.807) is 13.0 Å². The Bertz CT molecular complexity index is 1110. The van der Waals surface area contributed by atoms with Crippen molar-refractivity contribution in [3.8, 4) is 0 Å². The Morgan fingerprint density at radius 3 is 2.38 bits per heavy atom. The molecule has 0 saturated heterocycles. The highest BCUT2D eigenvalue weighted by molar-refractivity contribution is 6.01. The molecule has 0 radical (unpaired) electrons. The van der Waals surface area contributed by atoms with E-state index in [0.29, 0.717) is 37.7 Å². The van der Waals surface area contributed by atoms with Crippen LogP contribution >= 0.6 is 0 Å². The maximum atomic E-state index is 17.5. The van der Waals surface area contributed by atoms with Crippen LogP contribution in [0.3, 0.4) is 0 Å². The molecule has 0 aliphatic heterocycles. The Labute approximate surface area is 236 Å². The Morgan fingerprint density at radius 2 is 1.73 bits per heavy atom. The van der Waals surface area contributed by atoms with Crippen LogP contribution in [-0.4, -0.2) is 52.6 Å². The third-order valence-corrected chi connectivity index (χ3v) is 10.7. The van der Waals surface area contributed by atoms with Crippen LogP contribution in [0.1, 0.15) is 98.8 Å². The van der Waals surface area contributed by atoms with Crippen LogP contribution in [0.25, 0.3) is 0 Å². The molecule has 4 rings (SSSR count). The maximum absolute atomic E-state index is 17.5. The monoisotopic (exact) mass is 560 g/mol. The van der Waals surface area contributed by atoms with Crippen LogP contribution in [-0.2, 0) is 28.7 Å². The van der Waals surface area contributed by atoms with E-state index in [9.17, 15) is 24.3 Å². The summed E-state index contributed by atoms with van der Waals surface area (Å²) in [6.45, 7) is 8.80. The largest absolute Gasteiger partial charge is 0.457 e. The number of ketones is 2. The summed E-state index contributed by atoms with van der Waals surface area (Å²) >= 11 is 0. The molecule has 4 aliphatic rings. The number of esters is 2. The van der Waals surface area contributed by atoms with E-state index in [-0.39, 0.29) is 31.0 Å². The van der Waals surface area contributed by atoms with Gasteiger partial charge in [0.15, 0.2) is 23.7 Å². The lowest BCUT2D eigenvalue weighted by Gasteiger charge is -2.62. The molecular formula is C32H45FO7. The Balaban J connectivity index is 1.74. The third kappa shape index (κ3) is 4.49. The molecule has 40 heavy (non-hydrogen) atoms. The minimum atomic E-state index is -2.06. The normalized spacial score (nSPS) is 40.0. The van der Waals surface area contributed by atoms with Crippen molar-refractivity contribution in [1.29, 1.82) is 0 Å². The van der Waals surface area contributed by atoms with Crippen LogP contribution in [0.4, 0.5) is 4.39 Å². The highest BCUT2D eigenvalue weighted by Crippen LogP contribution is 2.71. The molecule has 0 amide bonds. The van der Waals surface area contributed by atoms with Gasteiger partial charge in [0.05, 0.1) is 6.10 Å². The summed E-state index contributed by atoms with van der Waals surface area (Å²) in [5, 5.41) is 11.7. The molecule has 3 saturated carbocycles. The number of alkyl halides is 1. The molecule has 0 aromatic carbocycles. The molecule has 0 spiro atoms. The summed E-state index contributed by atoms with van der Waals surface area (Å²) in [7, 11) is 0. The third-order valence-electron chi connectivity index (χ3n) is 10.7. The van der Waals surface area contributed by atoms with Crippen molar-refractivity contribution in [3.05, 3.63) is 23.8 Å². The fourth-order valence-electron chi connectivity index (χ4n) is 8.60. The molecule has 0 bridgehead atoms. The highest BCUT2D eigenvalue weighted by atomic mass is 19.1. The fourth-order valence-corrected chi connectivity index (χ4v) is 8.60. The molecule has 8 heteroatoms. The molecule has 1 N–H and O–H groups in total. The number of carbonyl (C=O) groups excluding carboxylic acids is 4. The number of halogens is 1. The van der Waals surface area contributed by atoms with Gasteiger partial charge in [0.2, 0.25) is 5.78 Å². The van der Waals surface area contributed by atoms with E-state index in [1.807, 2.05) is 27.7 Å². The van der Waals surface area contributed by atoms with Crippen LogP contribution in [0.15, 0.2) is 23.8 Å². The average molecular weight is 561 g/mol. The van der Waals surface area contributed by atoms with Gasteiger partial charge < -0.3 is 14.6 Å². The van der Waals surface area contributed by atoms with E-state index in [4.69, 9.17) is 9.47 Å². The van der Waals surface area contributed by atoms with Crippen molar-refractivity contribution in [1.82, 2.24) is 0 Å². The van der Waals surface area contributed by atoms with Gasteiger partial charge in [-0.25, -0.2) is 4.39 Å². The van der Waals surface area contributed by atoms with Crippen LogP contribution < -0.4 is 0 Å². The summed E-state index contributed by atoms with van der Waals surface area (Å²) in [5.41, 5.74) is -5.27. The Morgan fingerprint density at radius 1 is 1.07 bits per heavy atom. The summed E-state index contributed by atoms with van der Waals surface area (Å²) in [5.74, 6) is -3.17. The summed E-state index contributed by atoms with van der Waals surface area (Å²) in [4.78, 5) is 51.7. The zero-order chi connectivity index (χ0) is 29.5. The SMILES string of the molecule is CCCCC(=O)OCC(=O)[C@@]1(OC(=O)CCCC)[C@H](C)CC2C3CCC4=CC(=O)C=C[C@]4(C)[C@@]3(F)C(O)C[C@@]21C. The molecule has 0 aromatic heterocycles. The molecule has 4 aliphatic carbocycles. The van der Waals surface area contributed by atoms with E-state index in [2.05, 4.69) is 0 Å². The van der Waals surface area contributed by atoms with Crippen LogP contribution in [0.2, 0.25) is 0 Å². The minimum absolute atomic E-state index is 0.101. The van der Waals surface area contributed by atoms with Crippen molar-refractivity contribution < 1.29 is 38.1 Å². The highest BCUT2D eigenvalue weighted by Gasteiger charge is 2.77. The number of hydrogen-bond donors (Lipinski definition) is 1. The van der Waals surface area contributed by atoms with Crippen LogP contribution in [0, 0.1) is 28.6 Å². The lowest BCUT2D eigenvalue weighted by molar-refractivity contribution is -0.228. The predicted octanol–water partition coefficient (Wildman–Crippen LogP) is 5.38. The van der Waals surface area contributed by atoms with Crippen molar-refractivity contribution in [2.45, 2.75) is 116 Å². The smallest absolute Gasteiger partial charge is 0.306 e. The van der Waals surface area contributed by atoms with Gasteiger partial charge >= 0.3 is 11.9 Å². The molecule has 3 fully saturated rings. The molecule has 3 unspecified atom stereocenters. The van der Waals surface area contributed by atoms with Gasteiger partial charge in [-0.3, -0.25) is 19.2 Å².